The van der Waals surface area contributed by atoms with Gasteiger partial charge in [0.05, 0.1) is 6.61 Å². The SMILES string of the molecule is CCOC(=O)C1(CC2CCOC2)CCCCC1=O. The van der Waals surface area contributed by atoms with Gasteiger partial charge < -0.3 is 9.47 Å². The molecule has 4 nitrogen and oxygen atoms in total. The van der Waals surface area contributed by atoms with Crippen molar-refractivity contribution in [1.29, 1.82) is 0 Å². The maximum Gasteiger partial charge on any atom is 0.319 e. The predicted molar refractivity (Wildman–Crippen MR) is 66.1 cm³/mol. The van der Waals surface area contributed by atoms with Crippen LogP contribution in [0.15, 0.2) is 0 Å². The average molecular weight is 254 g/mol. The second-order valence-electron chi connectivity index (χ2n) is 5.37. The molecule has 2 unspecified atom stereocenters. The van der Waals surface area contributed by atoms with Gasteiger partial charge in [-0.15, -0.1) is 0 Å². The first-order valence-corrected chi connectivity index (χ1v) is 6.97. The molecule has 2 rings (SSSR count). The lowest BCUT2D eigenvalue weighted by Gasteiger charge is -2.34. The summed E-state index contributed by atoms with van der Waals surface area (Å²) in [5.74, 6) is 0.108. The molecule has 4 heteroatoms. The normalized spacial score (nSPS) is 32.5. The van der Waals surface area contributed by atoms with Gasteiger partial charge in [-0.3, -0.25) is 9.59 Å². The third-order valence-corrected chi connectivity index (χ3v) is 4.12. The van der Waals surface area contributed by atoms with E-state index in [-0.39, 0.29) is 11.8 Å². The van der Waals surface area contributed by atoms with Crippen molar-refractivity contribution in [2.24, 2.45) is 11.3 Å². The summed E-state index contributed by atoms with van der Waals surface area (Å²) in [6.45, 7) is 3.55. The Hall–Kier alpha value is -0.900. The zero-order chi connectivity index (χ0) is 13.0. The van der Waals surface area contributed by atoms with Crippen LogP contribution >= 0.6 is 0 Å². The van der Waals surface area contributed by atoms with Crippen LogP contribution in [0.2, 0.25) is 0 Å². The largest absolute Gasteiger partial charge is 0.465 e. The Morgan fingerprint density at radius 1 is 1.50 bits per heavy atom. The Balaban J connectivity index is 2.14. The lowest BCUT2D eigenvalue weighted by atomic mass is 9.68. The van der Waals surface area contributed by atoms with Gasteiger partial charge in [-0.1, -0.05) is 6.42 Å². The van der Waals surface area contributed by atoms with Crippen molar-refractivity contribution < 1.29 is 19.1 Å². The summed E-state index contributed by atoms with van der Waals surface area (Å²) in [6.07, 6.45) is 4.59. The van der Waals surface area contributed by atoms with E-state index in [1.54, 1.807) is 6.92 Å². The summed E-state index contributed by atoms with van der Waals surface area (Å²) in [5.41, 5.74) is -0.868. The molecule has 1 heterocycles. The van der Waals surface area contributed by atoms with Crippen LogP contribution in [-0.2, 0) is 19.1 Å². The minimum absolute atomic E-state index is 0.0825. The van der Waals surface area contributed by atoms with Gasteiger partial charge in [0.25, 0.3) is 0 Å². The molecule has 1 aliphatic heterocycles. The Morgan fingerprint density at radius 2 is 2.33 bits per heavy atom. The monoisotopic (exact) mass is 254 g/mol. The smallest absolute Gasteiger partial charge is 0.319 e. The molecule has 0 N–H and O–H groups in total. The van der Waals surface area contributed by atoms with E-state index in [0.717, 1.165) is 25.9 Å². The summed E-state index contributed by atoms with van der Waals surface area (Å²) >= 11 is 0. The zero-order valence-corrected chi connectivity index (χ0v) is 11.1. The Kier molecular flexibility index (Phi) is 4.38. The van der Waals surface area contributed by atoms with E-state index in [1.165, 1.54) is 0 Å². The fourth-order valence-corrected chi connectivity index (χ4v) is 3.11. The van der Waals surface area contributed by atoms with Crippen LogP contribution in [0.5, 0.6) is 0 Å². The molecule has 2 atom stereocenters. The van der Waals surface area contributed by atoms with Crippen LogP contribution in [-0.4, -0.2) is 31.6 Å². The molecular formula is C14H22O4. The minimum Gasteiger partial charge on any atom is -0.465 e. The predicted octanol–water partition coefficient (Wildman–Crippen LogP) is 2.11. The zero-order valence-electron chi connectivity index (χ0n) is 11.1. The van der Waals surface area contributed by atoms with Gasteiger partial charge in [0.2, 0.25) is 0 Å². The Morgan fingerprint density at radius 3 is 2.94 bits per heavy atom. The molecule has 0 aromatic carbocycles. The molecule has 0 radical (unpaired) electrons. The number of carbonyl (C=O) groups excluding carboxylic acids is 2. The lowest BCUT2D eigenvalue weighted by molar-refractivity contribution is -0.163. The number of esters is 1. The van der Waals surface area contributed by atoms with E-state index in [2.05, 4.69) is 0 Å². The molecule has 2 fully saturated rings. The van der Waals surface area contributed by atoms with E-state index in [4.69, 9.17) is 9.47 Å². The molecule has 1 saturated carbocycles. The fraction of sp³-hybridized carbons (Fsp3) is 0.857. The topological polar surface area (TPSA) is 52.6 Å². The molecular weight excluding hydrogens is 232 g/mol. The van der Waals surface area contributed by atoms with Crippen molar-refractivity contribution in [1.82, 2.24) is 0 Å². The van der Waals surface area contributed by atoms with Crippen LogP contribution < -0.4 is 0 Å². The van der Waals surface area contributed by atoms with Crippen molar-refractivity contribution in [3.63, 3.8) is 0 Å². The lowest BCUT2D eigenvalue weighted by Crippen LogP contribution is -2.44. The van der Waals surface area contributed by atoms with Crippen LogP contribution in [0.4, 0.5) is 0 Å². The number of rotatable bonds is 4. The van der Waals surface area contributed by atoms with Gasteiger partial charge in [-0.25, -0.2) is 0 Å². The van der Waals surface area contributed by atoms with E-state index in [0.29, 0.717) is 38.4 Å². The van der Waals surface area contributed by atoms with Crippen LogP contribution in [0.25, 0.3) is 0 Å². The Labute approximate surface area is 108 Å². The number of ketones is 1. The highest BCUT2D eigenvalue weighted by atomic mass is 16.5. The molecule has 0 aromatic heterocycles. The van der Waals surface area contributed by atoms with Gasteiger partial charge >= 0.3 is 5.97 Å². The highest BCUT2D eigenvalue weighted by molar-refractivity contribution is 6.04. The first-order valence-electron chi connectivity index (χ1n) is 6.97. The Bertz CT molecular complexity index is 320. The summed E-state index contributed by atoms with van der Waals surface area (Å²) in [5, 5.41) is 0. The number of carbonyl (C=O) groups is 2. The maximum absolute atomic E-state index is 12.3. The molecule has 0 amide bonds. The molecule has 102 valence electrons. The van der Waals surface area contributed by atoms with Crippen LogP contribution in [0.1, 0.15) is 45.4 Å². The van der Waals surface area contributed by atoms with E-state index in [1.807, 2.05) is 0 Å². The number of hydrogen-bond donors (Lipinski definition) is 0. The third-order valence-electron chi connectivity index (χ3n) is 4.12. The van der Waals surface area contributed by atoms with Crippen molar-refractivity contribution in [2.75, 3.05) is 19.8 Å². The standard InChI is InChI=1S/C14H22O4/c1-2-18-13(16)14(7-4-3-5-12(14)15)9-11-6-8-17-10-11/h11H,2-10H2,1H3. The molecule has 1 aliphatic carbocycles. The van der Waals surface area contributed by atoms with Crippen LogP contribution in [0, 0.1) is 11.3 Å². The highest BCUT2D eigenvalue weighted by Crippen LogP contribution is 2.41. The van der Waals surface area contributed by atoms with E-state index in [9.17, 15) is 9.59 Å². The van der Waals surface area contributed by atoms with Crippen molar-refractivity contribution in [3.8, 4) is 0 Å². The second-order valence-corrected chi connectivity index (χ2v) is 5.37. The average Bonchev–Trinajstić information content (AvgIpc) is 2.85. The second kappa shape index (κ2) is 5.83. The molecule has 18 heavy (non-hydrogen) atoms. The summed E-state index contributed by atoms with van der Waals surface area (Å²) < 4.78 is 10.5. The molecule has 2 aliphatic rings. The number of hydrogen-bond acceptors (Lipinski definition) is 4. The number of Topliss-reactive ketones (excluding diaryl/α,β-unsaturated/α-hetero) is 1. The van der Waals surface area contributed by atoms with Crippen molar-refractivity contribution in [3.05, 3.63) is 0 Å². The summed E-state index contributed by atoms with van der Waals surface area (Å²) in [6, 6.07) is 0. The summed E-state index contributed by atoms with van der Waals surface area (Å²) in [4.78, 5) is 24.5. The first kappa shape index (κ1) is 13.5. The highest BCUT2D eigenvalue weighted by Gasteiger charge is 2.49. The molecule has 0 spiro atoms. The van der Waals surface area contributed by atoms with Gasteiger partial charge in [0.1, 0.15) is 11.2 Å². The molecule has 0 aromatic rings. The number of ether oxygens (including phenoxy) is 2. The van der Waals surface area contributed by atoms with Gasteiger partial charge in [0, 0.05) is 19.6 Å². The first-order chi connectivity index (χ1) is 8.69. The summed E-state index contributed by atoms with van der Waals surface area (Å²) in [7, 11) is 0. The fourth-order valence-electron chi connectivity index (χ4n) is 3.11. The molecule has 1 saturated heterocycles. The third kappa shape index (κ3) is 2.58. The van der Waals surface area contributed by atoms with E-state index < -0.39 is 5.41 Å². The van der Waals surface area contributed by atoms with Gasteiger partial charge in [-0.05, 0) is 38.5 Å². The minimum atomic E-state index is -0.868. The van der Waals surface area contributed by atoms with Crippen molar-refractivity contribution >= 4 is 11.8 Å². The molecule has 0 bridgehead atoms. The quantitative estimate of drug-likeness (QED) is 0.569. The van der Waals surface area contributed by atoms with Crippen molar-refractivity contribution in [2.45, 2.75) is 45.4 Å². The maximum atomic E-state index is 12.3. The van der Waals surface area contributed by atoms with E-state index >= 15 is 0 Å². The van der Waals surface area contributed by atoms with Crippen LogP contribution in [0.3, 0.4) is 0 Å². The van der Waals surface area contributed by atoms with Gasteiger partial charge in [-0.2, -0.15) is 0 Å². The van der Waals surface area contributed by atoms with Gasteiger partial charge in [0.15, 0.2) is 0 Å².